The van der Waals surface area contributed by atoms with Gasteiger partial charge in [0.15, 0.2) is 12.4 Å². The zero-order valence-electron chi connectivity index (χ0n) is 16.0. The number of ketones is 1. The Hall–Kier alpha value is -2.16. The Morgan fingerprint density at radius 2 is 1.62 bits per heavy atom. The Bertz CT molecular complexity index is 937. The Balaban J connectivity index is 1.46. The second-order valence-corrected chi connectivity index (χ2v) is 9.74. The lowest BCUT2D eigenvalue weighted by Gasteiger charge is -2.15. The van der Waals surface area contributed by atoms with E-state index in [2.05, 4.69) is 0 Å². The fourth-order valence-corrected chi connectivity index (χ4v) is 5.33. The van der Waals surface area contributed by atoms with Crippen molar-refractivity contribution in [1.29, 1.82) is 0 Å². The summed E-state index contributed by atoms with van der Waals surface area (Å²) in [6.45, 7) is 0.704. The molecule has 29 heavy (non-hydrogen) atoms. The highest BCUT2D eigenvalue weighted by Crippen LogP contribution is 2.21. The molecular weight excluding hydrogens is 410 g/mol. The molecule has 0 saturated carbocycles. The van der Waals surface area contributed by atoms with Crippen molar-refractivity contribution < 1.29 is 22.7 Å². The van der Waals surface area contributed by atoms with Crippen LogP contribution in [-0.4, -0.2) is 49.9 Å². The van der Waals surface area contributed by atoms with Crippen molar-refractivity contribution in [3.8, 4) is 0 Å². The number of thioether (sulfide) groups is 1. The first kappa shape index (κ1) is 21.5. The van der Waals surface area contributed by atoms with E-state index in [1.807, 2.05) is 30.3 Å². The van der Waals surface area contributed by atoms with Gasteiger partial charge in [-0.2, -0.15) is 4.31 Å². The number of nitrogens with zero attached hydrogens (tertiary/aromatic N) is 1. The van der Waals surface area contributed by atoms with Crippen LogP contribution in [0.25, 0.3) is 0 Å². The number of Topliss-reactive ketones (excluding diaryl/α,β-unsaturated/α-hetero) is 1. The third kappa shape index (κ3) is 5.91. The van der Waals surface area contributed by atoms with Crippen LogP contribution in [0.4, 0.5) is 0 Å². The average Bonchev–Trinajstić information content (AvgIpc) is 3.29. The van der Waals surface area contributed by atoms with E-state index in [1.165, 1.54) is 28.6 Å². The molecule has 0 N–H and O–H groups in total. The van der Waals surface area contributed by atoms with Gasteiger partial charge in [0, 0.05) is 29.3 Å². The minimum atomic E-state index is -3.51. The van der Waals surface area contributed by atoms with Gasteiger partial charge in [0.1, 0.15) is 0 Å². The van der Waals surface area contributed by atoms with Crippen molar-refractivity contribution in [2.45, 2.75) is 29.1 Å². The van der Waals surface area contributed by atoms with Crippen molar-refractivity contribution in [3.05, 3.63) is 60.2 Å². The number of benzene rings is 2. The van der Waals surface area contributed by atoms with Crippen LogP contribution in [0.3, 0.4) is 0 Å². The van der Waals surface area contributed by atoms with Crippen LogP contribution in [0.2, 0.25) is 0 Å². The van der Waals surface area contributed by atoms with Crippen LogP contribution in [0.1, 0.15) is 29.6 Å². The molecule has 2 aromatic carbocycles. The molecule has 0 bridgehead atoms. The van der Waals surface area contributed by atoms with Gasteiger partial charge in [0.25, 0.3) is 0 Å². The highest BCUT2D eigenvalue weighted by Gasteiger charge is 2.27. The molecule has 0 atom stereocenters. The molecule has 154 valence electrons. The lowest BCUT2D eigenvalue weighted by atomic mass is 10.1. The molecular formula is C21H23NO5S2. The summed E-state index contributed by atoms with van der Waals surface area (Å²) in [5, 5.41) is 0. The fraction of sp³-hybridized carbons (Fsp3) is 0.333. The number of hydrogen-bond donors (Lipinski definition) is 0. The molecule has 6 nitrogen and oxygen atoms in total. The van der Waals surface area contributed by atoms with E-state index < -0.39 is 16.0 Å². The molecule has 0 aliphatic carbocycles. The highest BCUT2D eigenvalue weighted by atomic mass is 32.2. The quantitative estimate of drug-likeness (QED) is 0.343. The molecule has 1 fully saturated rings. The number of hydrogen-bond acceptors (Lipinski definition) is 6. The van der Waals surface area contributed by atoms with Crippen LogP contribution in [-0.2, 0) is 19.6 Å². The summed E-state index contributed by atoms with van der Waals surface area (Å²) in [6, 6.07) is 15.5. The topological polar surface area (TPSA) is 80.8 Å². The van der Waals surface area contributed by atoms with E-state index in [0.29, 0.717) is 24.4 Å². The molecule has 1 heterocycles. The molecule has 3 rings (SSSR count). The first-order chi connectivity index (χ1) is 14.0. The summed E-state index contributed by atoms with van der Waals surface area (Å²) >= 11 is 1.55. The molecule has 1 saturated heterocycles. The van der Waals surface area contributed by atoms with Crippen molar-refractivity contribution in [3.63, 3.8) is 0 Å². The maximum atomic E-state index is 12.5. The van der Waals surface area contributed by atoms with Crippen LogP contribution < -0.4 is 0 Å². The third-order valence-electron chi connectivity index (χ3n) is 4.56. The van der Waals surface area contributed by atoms with Gasteiger partial charge in [-0.3, -0.25) is 9.59 Å². The zero-order chi connectivity index (χ0) is 20.7. The van der Waals surface area contributed by atoms with Crippen LogP contribution in [0.15, 0.2) is 64.4 Å². The average molecular weight is 434 g/mol. The van der Waals surface area contributed by atoms with Crippen LogP contribution in [0, 0.1) is 0 Å². The summed E-state index contributed by atoms with van der Waals surface area (Å²) < 4.78 is 31.5. The summed E-state index contributed by atoms with van der Waals surface area (Å²) in [5.41, 5.74) is 0.317. The molecule has 0 unspecified atom stereocenters. The Morgan fingerprint density at radius 3 is 2.28 bits per heavy atom. The predicted molar refractivity (Wildman–Crippen MR) is 112 cm³/mol. The Kier molecular flexibility index (Phi) is 7.46. The van der Waals surface area contributed by atoms with E-state index in [1.54, 1.807) is 11.8 Å². The summed E-state index contributed by atoms with van der Waals surface area (Å²) in [6.07, 6.45) is 1.94. The zero-order valence-corrected chi connectivity index (χ0v) is 17.6. The van der Waals surface area contributed by atoms with Gasteiger partial charge in [-0.15, -0.1) is 11.8 Å². The van der Waals surface area contributed by atoms with Gasteiger partial charge >= 0.3 is 5.97 Å². The SMILES string of the molecule is O=C(CCSc1ccccc1)OCC(=O)c1ccc(S(=O)(=O)N2CCCC2)cc1. The number of ether oxygens (including phenoxy) is 1. The van der Waals surface area contributed by atoms with Gasteiger partial charge in [-0.25, -0.2) is 8.42 Å². The molecule has 0 amide bonds. The molecule has 0 radical (unpaired) electrons. The van der Waals surface area contributed by atoms with Crippen molar-refractivity contribution >= 4 is 33.5 Å². The van der Waals surface area contributed by atoms with Gasteiger partial charge in [0.05, 0.1) is 11.3 Å². The van der Waals surface area contributed by atoms with Crippen molar-refractivity contribution in [1.82, 2.24) is 4.31 Å². The first-order valence-corrected chi connectivity index (χ1v) is 11.9. The van der Waals surface area contributed by atoms with E-state index in [4.69, 9.17) is 4.74 Å². The number of carbonyl (C=O) groups is 2. The molecule has 0 aromatic heterocycles. The molecule has 2 aromatic rings. The van der Waals surface area contributed by atoms with E-state index in [0.717, 1.165) is 17.7 Å². The Labute approximate surface area is 175 Å². The summed E-state index contributed by atoms with van der Waals surface area (Å²) in [7, 11) is -3.51. The maximum absolute atomic E-state index is 12.5. The van der Waals surface area contributed by atoms with Crippen LogP contribution >= 0.6 is 11.8 Å². The smallest absolute Gasteiger partial charge is 0.307 e. The van der Waals surface area contributed by atoms with Gasteiger partial charge < -0.3 is 4.74 Å². The standard InChI is InChI=1S/C21H23NO5S2/c23-20(16-27-21(24)12-15-28-18-6-2-1-3-7-18)17-8-10-19(11-9-17)29(25,26)22-13-4-5-14-22/h1-3,6-11H,4-5,12-16H2. The van der Waals surface area contributed by atoms with Gasteiger partial charge in [0.2, 0.25) is 10.0 Å². The van der Waals surface area contributed by atoms with E-state index in [-0.39, 0.29) is 23.7 Å². The maximum Gasteiger partial charge on any atom is 0.307 e. The number of esters is 1. The predicted octanol–water partition coefficient (Wildman–Crippen LogP) is 3.38. The first-order valence-electron chi connectivity index (χ1n) is 9.44. The Morgan fingerprint density at radius 1 is 0.966 bits per heavy atom. The monoisotopic (exact) mass is 433 g/mol. The second-order valence-electron chi connectivity index (χ2n) is 6.63. The number of sulfonamides is 1. The number of rotatable bonds is 9. The minimum Gasteiger partial charge on any atom is -0.457 e. The molecule has 8 heteroatoms. The lowest BCUT2D eigenvalue weighted by Crippen LogP contribution is -2.27. The second kappa shape index (κ2) is 10.0. The summed E-state index contributed by atoms with van der Waals surface area (Å²) in [5.74, 6) is -0.228. The molecule has 0 spiro atoms. The fourth-order valence-electron chi connectivity index (χ4n) is 2.96. The van der Waals surface area contributed by atoms with Gasteiger partial charge in [-0.05, 0) is 49.2 Å². The lowest BCUT2D eigenvalue weighted by molar-refractivity contribution is -0.141. The third-order valence-corrected chi connectivity index (χ3v) is 7.49. The van der Waals surface area contributed by atoms with Crippen LogP contribution in [0.5, 0.6) is 0 Å². The highest BCUT2D eigenvalue weighted by molar-refractivity contribution is 7.99. The normalized spacial score (nSPS) is 14.6. The summed E-state index contributed by atoms with van der Waals surface area (Å²) in [4.78, 5) is 25.3. The van der Waals surface area contributed by atoms with E-state index in [9.17, 15) is 18.0 Å². The molecule has 1 aliphatic heterocycles. The van der Waals surface area contributed by atoms with Crippen molar-refractivity contribution in [2.75, 3.05) is 25.4 Å². The van der Waals surface area contributed by atoms with E-state index >= 15 is 0 Å². The minimum absolute atomic E-state index is 0.172. The number of carbonyl (C=O) groups excluding carboxylic acids is 2. The van der Waals surface area contributed by atoms with Crippen molar-refractivity contribution in [2.24, 2.45) is 0 Å². The van der Waals surface area contributed by atoms with Gasteiger partial charge in [-0.1, -0.05) is 18.2 Å². The largest absolute Gasteiger partial charge is 0.457 e. The molecule has 1 aliphatic rings.